The lowest BCUT2D eigenvalue weighted by Gasteiger charge is -2.13. The van der Waals surface area contributed by atoms with Gasteiger partial charge in [0.1, 0.15) is 17.8 Å². The van der Waals surface area contributed by atoms with Crippen molar-refractivity contribution in [3.8, 4) is 0 Å². The number of aromatic nitrogens is 3. The molecule has 0 atom stereocenters. The zero-order chi connectivity index (χ0) is 23.8. The first kappa shape index (κ1) is 21.5. The maximum absolute atomic E-state index is 13.6. The second-order valence-corrected chi connectivity index (χ2v) is 8.38. The summed E-state index contributed by atoms with van der Waals surface area (Å²) in [5, 5.41) is 3.55. The summed E-state index contributed by atoms with van der Waals surface area (Å²) in [6.07, 6.45) is 1.54. The first-order valence-corrected chi connectivity index (χ1v) is 11.0. The number of carbonyl (C=O) groups excluding carboxylic acids is 1. The number of amides is 1. The molecule has 0 saturated heterocycles. The number of benzene rings is 2. The molecular weight excluding hydrogens is 432 g/mol. The van der Waals surface area contributed by atoms with Gasteiger partial charge >= 0.3 is 5.69 Å². The Morgan fingerprint density at radius 2 is 1.76 bits per heavy atom. The molecule has 0 spiro atoms. The van der Waals surface area contributed by atoms with Crippen LogP contribution in [0.1, 0.15) is 16.9 Å². The number of furan rings is 1. The van der Waals surface area contributed by atoms with Gasteiger partial charge in [-0.1, -0.05) is 42.0 Å². The van der Waals surface area contributed by atoms with Gasteiger partial charge in [-0.15, -0.1) is 0 Å². The predicted octanol–water partition coefficient (Wildman–Crippen LogP) is 2.92. The Balaban J connectivity index is 1.69. The van der Waals surface area contributed by atoms with Crippen molar-refractivity contribution in [1.82, 2.24) is 19.0 Å². The third kappa shape index (κ3) is 3.73. The first-order chi connectivity index (χ1) is 16.4. The maximum Gasteiger partial charge on any atom is 0.332 e. The molecule has 0 saturated carbocycles. The standard InChI is InChI=1S/C26H24N4O4/c1-17-10-11-21-20(13-17)23-24(28(21)2)25(32)30(15-18-7-4-3-5-8-18)26(33)29(23)16-22(31)27-14-19-9-6-12-34-19/h3-13H,14-16H2,1-2H3,(H,27,31). The van der Waals surface area contributed by atoms with Gasteiger partial charge in [0.25, 0.3) is 5.56 Å². The number of nitrogens with one attached hydrogen (secondary N) is 1. The highest BCUT2D eigenvalue weighted by atomic mass is 16.3. The average molecular weight is 457 g/mol. The molecule has 3 aromatic heterocycles. The number of aryl methyl sites for hydroxylation is 2. The molecule has 0 fully saturated rings. The Morgan fingerprint density at radius 1 is 0.971 bits per heavy atom. The Hall–Kier alpha value is -4.33. The summed E-state index contributed by atoms with van der Waals surface area (Å²) < 4.78 is 9.67. The summed E-state index contributed by atoms with van der Waals surface area (Å²) in [5.74, 6) is 0.259. The fourth-order valence-corrected chi connectivity index (χ4v) is 4.36. The number of rotatable bonds is 6. The summed E-state index contributed by atoms with van der Waals surface area (Å²) in [5.41, 5.74) is 2.58. The van der Waals surface area contributed by atoms with Crippen LogP contribution in [0.25, 0.3) is 21.9 Å². The first-order valence-electron chi connectivity index (χ1n) is 11.0. The third-order valence-corrected chi connectivity index (χ3v) is 6.03. The molecule has 172 valence electrons. The molecule has 8 nitrogen and oxygen atoms in total. The Labute approximate surface area is 194 Å². The molecule has 5 rings (SSSR count). The maximum atomic E-state index is 13.6. The van der Waals surface area contributed by atoms with Crippen LogP contribution < -0.4 is 16.6 Å². The fourth-order valence-electron chi connectivity index (χ4n) is 4.36. The van der Waals surface area contributed by atoms with E-state index in [0.29, 0.717) is 16.8 Å². The molecule has 0 bridgehead atoms. The van der Waals surface area contributed by atoms with Crippen LogP contribution in [0.4, 0.5) is 0 Å². The van der Waals surface area contributed by atoms with E-state index < -0.39 is 5.69 Å². The summed E-state index contributed by atoms with van der Waals surface area (Å²) in [7, 11) is 1.81. The average Bonchev–Trinajstić information content (AvgIpc) is 3.45. The smallest absolute Gasteiger partial charge is 0.332 e. The third-order valence-electron chi connectivity index (χ3n) is 6.03. The number of nitrogens with zero attached hydrogens (tertiary/aromatic N) is 3. The van der Waals surface area contributed by atoms with Crippen LogP contribution in [0.5, 0.6) is 0 Å². The largest absolute Gasteiger partial charge is 0.467 e. The minimum absolute atomic E-state index is 0.114. The minimum Gasteiger partial charge on any atom is -0.467 e. The van der Waals surface area contributed by atoms with Gasteiger partial charge in [-0.2, -0.15) is 0 Å². The van der Waals surface area contributed by atoms with Gasteiger partial charge in [-0.25, -0.2) is 4.79 Å². The van der Waals surface area contributed by atoms with E-state index in [-0.39, 0.29) is 31.1 Å². The molecule has 3 heterocycles. The quantitative estimate of drug-likeness (QED) is 0.425. The van der Waals surface area contributed by atoms with Crippen LogP contribution in [0.2, 0.25) is 0 Å². The van der Waals surface area contributed by atoms with Crippen LogP contribution in [0.3, 0.4) is 0 Å². The van der Waals surface area contributed by atoms with E-state index in [9.17, 15) is 14.4 Å². The number of hydrogen-bond donors (Lipinski definition) is 1. The van der Waals surface area contributed by atoms with Crippen LogP contribution in [0, 0.1) is 6.92 Å². The van der Waals surface area contributed by atoms with E-state index in [1.165, 1.54) is 15.4 Å². The monoisotopic (exact) mass is 456 g/mol. The SMILES string of the molecule is Cc1ccc2c(c1)c1c(c(=O)n(Cc3ccccc3)c(=O)n1CC(=O)NCc1ccco1)n2C. The Kier molecular flexibility index (Phi) is 5.41. The highest BCUT2D eigenvalue weighted by molar-refractivity contribution is 6.06. The highest BCUT2D eigenvalue weighted by Gasteiger charge is 2.22. The Morgan fingerprint density at radius 3 is 2.50 bits per heavy atom. The van der Waals surface area contributed by atoms with E-state index in [1.54, 1.807) is 23.7 Å². The van der Waals surface area contributed by atoms with Gasteiger partial charge in [0.15, 0.2) is 0 Å². The van der Waals surface area contributed by atoms with Gasteiger partial charge < -0.3 is 14.3 Å². The van der Waals surface area contributed by atoms with E-state index in [1.807, 2.05) is 55.5 Å². The van der Waals surface area contributed by atoms with Crippen molar-refractivity contribution in [3.63, 3.8) is 0 Å². The van der Waals surface area contributed by atoms with E-state index in [0.717, 1.165) is 22.0 Å². The number of carbonyl (C=O) groups is 1. The normalized spacial score (nSPS) is 11.4. The van der Waals surface area contributed by atoms with Crippen molar-refractivity contribution in [1.29, 1.82) is 0 Å². The molecule has 0 unspecified atom stereocenters. The second kappa shape index (κ2) is 8.55. The lowest BCUT2D eigenvalue weighted by Crippen LogP contribution is -2.43. The van der Waals surface area contributed by atoms with Gasteiger partial charge in [-0.3, -0.25) is 18.7 Å². The van der Waals surface area contributed by atoms with Crippen molar-refractivity contribution >= 4 is 27.8 Å². The van der Waals surface area contributed by atoms with Crippen LogP contribution in [-0.2, 0) is 31.5 Å². The van der Waals surface area contributed by atoms with Crippen molar-refractivity contribution in [2.24, 2.45) is 7.05 Å². The zero-order valence-corrected chi connectivity index (χ0v) is 18.9. The molecule has 1 N–H and O–H groups in total. The summed E-state index contributed by atoms with van der Waals surface area (Å²) in [4.78, 5) is 40.1. The lowest BCUT2D eigenvalue weighted by atomic mass is 10.1. The molecular formula is C26H24N4O4. The second-order valence-electron chi connectivity index (χ2n) is 8.38. The van der Waals surface area contributed by atoms with Crippen molar-refractivity contribution in [2.45, 2.75) is 26.6 Å². The van der Waals surface area contributed by atoms with Gasteiger partial charge in [-0.05, 0) is 36.8 Å². The van der Waals surface area contributed by atoms with Crippen LogP contribution >= 0.6 is 0 Å². The van der Waals surface area contributed by atoms with E-state index >= 15 is 0 Å². The summed E-state index contributed by atoms with van der Waals surface area (Å²) in [6.45, 7) is 2.05. The van der Waals surface area contributed by atoms with Gasteiger partial charge in [0.2, 0.25) is 5.91 Å². The molecule has 0 aliphatic heterocycles. The molecule has 0 aliphatic rings. The zero-order valence-electron chi connectivity index (χ0n) is 18.9. The topological polar surface area (TPSA) is 91.2 Å². The van der Waals surface area contributed by atoms with Gasteiger partial charge in [0.05, 0.1) is 30.4 Å². The highest BCUT2D eigenvalue weighted by Crippen LogP contribution is 2.26. The predicted molar refractivity (Wildman–Crippen MR) is 130 cm³/mol. The molecule has 2 aromatic carbocycles. The fraction of sp³-hybridized carbons (Fsp3) is 0.192. The van der Waals surface area contributed by atoms with Crippen LogP contribution in [-0.4, -0.2) is 19.6 Å². The van der Waals surface area contributed by atoms with Crippen molar-refractivity contribution in [3.05, 3.63) is 105 Å². The molecule has 0 aliphatic carbocycles. The lowest BCUT2D eigenvalue weighted by molar-refractivity contribution is -0.121. The summed E-state index contributed by atoms with van der Waals surface area (Å²) in [6, 6.07) is 18.7. The van der Waals surface area contributed by atoms with Gasteiger partial charge in [0, 0.05) is 12.4 Å². The van der Waals surface area contributed by atoms with E-state index in [2.05, 4.69) is 5.32 Å². The Bertz CT molecular complexity index is 1620. The number of fused-ring (bicyclic) bond motifs is 3. The molecule has 8 heteroatoms. The minimum atomic E-state index is -0.525. The molecule has 34 heavy (non-hydrogen) atoms. The van der Waals surface area contributed by atoms with Crippen molar-refractivity contribution in [2.75, 3.05) is 0 Å². The molecule has 5 aromatic rings. The van der Waals surface area contributed by atoms with Crippen molar-refractivity contribution < 1.29 is 9.21 Å². The summed E-state index contributed by atoms with van der Waals surface area (Å²) >= 11 is 0. The molecule has 0 radical (unpaired) electrons. The van der Waals surface area contributed by atoms with E-state index in [4.69, 9.17) is 4.42 Å². The number of hydrogen-bond acceptors (Lipinski definition) is 4. The molecule has 1 amide bonds. The van der Waals surface area contributed by atoms with Crippen LogP contribution in [0.15, 0.2) is 80.9 Å².